The van der Waals surface area contributed by atoms with E-state index in [0.717, 1.165) is 22.9 Å². The third-order valence-electron chi connectivity index (χ3n) is 5.14. The molecular weight excluding hydrogens is 408 g/mol. The number of hydrogen-bond donors (Lipinski definition) is 1. The summed E-state index contributed by atoms with van der Waals surface area (Å²) in [7, 11) is -3.68. The van der Waals surface area contributed by atoms with E-state index >= 15 is 0 Å². The highest BCUT2D eigenvalue weighted by Gasteiger charge is 2.33. The number of nitrogens with one attached hydrogen (secondary N) is 1. The molecule has 0 heterocycles. The summed E-state index contributed by atoms with van der Waals surface area (Å²) < 4.78 is 26.7. The van der Waals surface area contributed by atoms with Crippen molar-refractivity contribution in [2.24, 2.45) is 0 Å². The van der Waals surface area contributed by atoms with E-state index in [1.165, 1.54) is 4.31 Å². The van der Waals surface area contributed by atoms with Gasteiger partial charge in [0.2, 0.25) is 15.9 Å². The normalized spacial score (nSPS) is 12.4. The Balaban J connectivity index is 1.99. The Morgan fingerprint density at radius 2 is 1.45 bits per heavy atom. The fraction of sp³-hybridized carbons (Fsp3) is 0.240. The van der Waals surface area contributed by atoms with Crippen molar-refractivity contribution in [1.29, 1.82) is 0 Å². The number of aryl methyl sites for hydroxylation is 1. The van der Waals surface area contributed by atoms with Gasteiger partial charge < -0.3 is 5.32 Å². The van der Waals surface area contributed by atoms with Gasteiger partial charge in [-0.2, -0.15) is 0 Å². The average Bonchev–Trinajstić information content (AvgIpc) is 2.75. The molecule has 5 nitrogen and oxygen atoms in total. The topological polar surface area (TPSA) is 66.5 Å². The molecule has 0 aliphatic heterocycles. The first-order chi connectivity index (χ1) is 14.8. The van der Waals surface area contributed by atoms with E-state index in [2.05, 4.69) is 5.32 Å². The van der Waals surface area contributed by atoms with Crippen LogP contribution in [0.4, 0.5) is 5.69 Å². The molecule has 6 heteroatoms. The zero-order valence-electron chi connectivity index (χ0n) is 18.0. The maximum atomic E-state index is 13.5. The molecule has 1 atom stereocenters. The van der Waals surface area contributed by atoms with Crippen molar-refractivity contribution in [3.8, 4) is 0 Å². The largest absolute Gasteiger partial charge is 0.343 e. The van der Waals surface area contributed by atoms with Crippen molar-refractivity contribution in [2.45, 2.75) is 32.4 Å². The number of benzene rings is 3. The fourth-order valence-corrected chi connectivity index (χ4v) is 4.92. The SMILES string of the molecule is CC[C@H](C(=O)NC(c1ccccc1)c1ccccc1)N(c1cccc(C)c1)S(C)(=O)=O. The molecule has 1 N–H and O–H groups in total. The summed E-state index contributed by atoms with van der Waals surface area (Å²) in [6.45, 7) is 3.71. The molecule has 0 unspecified atom stereocenters. The van der Waals surface area contributed by atoms with Crippen molar-refractivity contribution in [2.75, 3.05) is 10.6 Å². The lowest BCUT2D eigenvalue weighted by Gasteiger charge is -2.32. The number of anilines is 1. The van der Waals surface area contributed by atoms with E-state index in [1.807, 2.05) is 80.6 Å². The van der Waals surface area contributed by atoms with E-state index in [-0.39, 0.29) is 11.9 Å². The van der Waals surface area contributed by atoms with Gasteiger partial charge in [-0.25, -0.2) is 8.42 Å². The molecule has 0 saturated carbocycles. The summed E-state index contributed by atoms with van der Waals surface area (Å²) in [5.74, 6) is -0.341. The summed E-state index contributed by atoms with van der Waals surface area (Å²) >= 11 is 0. The lowest BCUT2D eigenvalue weighted by atomic mass is 9.98. The van der Waals surface area contributed by atoms with Crippen LogP contribution in [0.25, 0.3) is 0 Å². The van der Waals surface area contributed by atoms with Crippen LogP contribution in [0.15, 0.2) is 84.9 Å². The van der Waals surface area contributed by atoms with Gasteiger partial charge in [-0.1, -0.05) is 79.7 Å². The van der Waals surface area contributed by atoms with E-state index in [9.17, 15) is 13.2 Å². The lowest BCUT2D eigenvalue weighted by molar-refractivity contribution is -0.122. The van der Waals surface area contributed by atoms with Crippen LogP contribution in [0.2, 0.25) is 0 Å². The standard InChI is InChI=1S/C25H28N2O3S/c1-4-23(27(31(3,29)30)22-17-11-12-19(2)18-22)25(28)26-24(20-13-7-5-8-14-20)21-15-9-6-10-16-21/h5-18,23-24H,4H2,1-3H3,(H,26,28)/t23-/m1/s1. The summed E-state index contributed by atoms with van der Waals surface area (Å²) in [5.41, 5.74) is 3.27. The molecule has 3 aromatic rings. The second-order valence-corrected chi connectivity index (χ2v) is 9.44. The van der Waals surface area contributed by atoms with Gasteiger partial charge in [-0.05, 0) is 42.2 Å². The molecular formula is C25H28N2O3S. The van der Waals surface area contributed by atoms with Crippen LogP contribution < -0.4 is 9.62 Å². The van der Waals surface area contributed by atoms with Crippen LogP contribution in [-0.2, 0) is 14.8 Å². The number of nitrogens with zero attached hydrogens (tertiary/aromatic N) is 1. The monoisotopic (exact) mass is 436 g/mol. The van der Waals surface area contributed by atoms with Crippen LogP contribution >= 0.6 is 0 Å². The predicted molar refractivity (Wildman–Crippen MR) is 125 cm³/mol. The Labute approximate surface area is 184 Å². The number of rotatable bonds is 8. The van der Waals surface area contributed by atoms with Gasteiger partial charge in [0.25, 0.3) is 0 Å². The van der Waals surface area contributed by atoms with E-state index in [4.69, 9.17) is 0 Å². The Hall–Kier alpha value is -3.12. The molecule has 0 saturated heterocycles. The smallest absolute Gasteiger partial charge is 0.244 e. The first-order valence-electron chi connectivity index (χ1n) is 10.3. The third kappa shape index (κ3) is 5.52. The van der Waals surface area contributed by atoms with E-state index in [0.29, 0.717) is 12.1 Å². The molecule has 0 aliphatic carbocycles. The average molecular weight is 437 g/mol. The minimum atomic E-state index is -3.68. The first-order valence-corrected chi connectivity index (χ1v) is 12.1. The number of carbonyl (C=O) groups is 1. The van der Waals surface area contributed by atoms with Crippen LogP contribution in [0, 0.1) is 6.92 Å². The minimum Gasteiger partial charge on any atom is -0.343 e. The zero-order chi connectivity index (χ0) is 22.4. The third-order valence-corrected chi connectivity index (χ3v) is 6.32. The molecule has 0 fully saturated rings. The van der Waals surface area contributed by atoms with Gasteiger partial charge in [0, 0.05) is 0 Å². The first kappa shape index (κ1) is 22.6. The second-order valence-electron chi connectivity index (χ2n) is 7.58. The van der Waals surface area contributed by atoms with E-state index in [1.54, 1.807) is 18.2 Å². The van der Waals surface area contributed by atoms with Crippen molar-refractivity contribution < 1.29 is 13.2 Å². The zero-order valence-corrected chi connectivity index (χ0v) is 18.8. The molecule has 0 bridgehead atoms. The quantitative estimate of drug-likeness (QED) is 0.567. The Morgan fingerprint density at radius 1 is 0.903 bits per heavy atom. The van der Waals surface area contributed by atoms with Crippen LogP contribution in [0.3, 0.4) is 0 Å². The fourth-order valence-electron chi connectivity index (χ4n) is 3.71. The molecule has 31 heavy (non-hydrogen) atoms. The molecule has 3 aromatic carbocycles. The number of hydrogen-bond acceptors (Lipinski definition) is 3. The van der Waals surface area contributed by atoms with Gasteiger partial charge in [0.1, 0.15) is 6.04 Å². The molecule has 162 valence electrons. The maximum Gasteiger partial charge on any atom is 0.244 e. The van der Waals surface area contributed by atoms with Crippen molar-refractivity contribution >= 4 is 21.6 Å². The van der Waals surface area contributed by atoms with Gasteiger partial charge in [0.15, 0.2) is 0 Å². The van der Waals surface area contributed by atoms with Crippen LogP contribution in [0.1, 0.15) is 36.1 Å². The molecule has 0 spiro atoms. The highest BCUT2D eigenvalue weighted by atomic mass is 32.2. The Morgan fingerprint density at radius 3 is 1.90 bits per heavy atom. The highest BCUT2D eigenvalue weighted by Crippen LogP contribution is 2.26. The van der Waals surface area contributed by atoms with Gasteiger partial charge in [0.05, 0.1) is 18.0 Å². The number of carbonyl (C=O) groups excluding carboxylic acids is 1. The van der Waals surface area contributed by atoms with Gasteiger partial charge in [-0.3, -0.25) is 9.10 Å². The Bertz CT molecular complexity index is 1080. The van der Waals surface area contributed by atoms with Crippen molar-refractivity contribution in [3.63, 3.8) is 0 Å². The molecule has 0 aliphatic rings. The summed E-state index contributed by atoms with van der Waals surface area (Å²) in [6.07, 6.45) is 1.47. The molecule has 1 amide bonds. The highest BCUT2D eigenvalue weighted by molar-refractivity contribution is 7.92. The van der Waals surface area contributed by atoms with E-state index < -0.39 is 16.1 Å². The molecule has 0 radical (unpaired) electrons. The van der Waals surface area contributed by atoms with Crippen LogP contribution in [-0.4, -0.2) is 26.6 Å². The maximum absolute atomic E-state index is 13.5. The summed E-state index contributed by atoms with van der Waals surface area (Å²) in [5, 5.41) is 3.09. The van der Waals surface area contributed by atoms with Crippen molar-refractivity contribution in [3.05, 3.63) is 102 Å². The lowest BCUT2D eigenvalue weighted by Crippen LogP contribution is -2.50. The predicted octanol–water partition coefficient (Wildman–Crippen LogP) is 4.45. The van der Waals surface area contributed by atoms with Gasteiger partial charge in [-0.15, -0.1) is 0 Å². The minimum absolute atomic E-state index is 0.336. The summed E-state index contributed by atoms with van der Waals surface area (Å²) in [6, 6.07) is 25.3. The molecule has 0 aromatic heterocycles. The number of sulfonamides is 1. The second kappa shape index (κ2) is 9.79. The van der Waals surface area contributed by atoms with Gasteiger partial charge >= 0.3 is 0 Å². The number of amides is 1. The van der Waals surface area contributed by atoms with Crippen molar-refractivity contribution in [1.82, 2.24) is 5.32 Å². The Kier molecular flexibility index (Phi) is 7.13. The van der Waals surface area contributed by atoms with Crippen LogP contribution in [0.5, 0.6) is 0 Å². The molecule has 3 rings (SSSR count). The summed E-state index contributed by atoms with van der Waals surface area (Å²) in [4.78, 5) is 13.5.